The number of rotatable bonds is 4. The zero-order valence-electron chi connectivity index (χ0n) is 14.4. The SMILES string of the molecule is O=S(=O)(c1ccccc1)N1CCCN(Cc2nc3ccccc3o2)CC1. The maximum atomic E-state index is 12.8. The van der Waals surface area contributed by atoms with Gasteiger partial charge in [0.25, 0.3) is 0 Å². The molecule has 4 rings (SSSR count). The molecular formula is C19H21N3O3S. The topological polar surface area (TPSA) is 66.7 Å². The van der Waals surface area contributed by atoms with Crippen molar-refractivity contribution in [2.75, 3.05) is 26.2 Å². The first-order valence-corrected chi connectivity index (χ1v) is 10.2. The van der Waals surface area contributed by atoms with E-state index in [1.807, 2.05) is 30.3 Å². The Hall–Kier alpha value is -2.22. The lowest BCUT2D eigenvalue weighted by Crippen LogP contribution is -2.35. The number of oxazole rings is 1. The largest absolute Gasteiger partial charge is 0.439 e. The van der Waals surface area contributed by atoms with Crippen LogP contribution in [0, 0.1) is 0 Å². The first kappa shape index (κ1) is 17.2. The average molecular weight is 371 g/mol. The Bertz CT molecular complexity index is 952. The fourth-order valence-corrected chi connectivity index (χ4v) is 4.76. The van der Waals surface area contributed by atoms with Crippen molar-refractivity contribution in [2.24, 2.45) is 0 Å². The van der Waals surface area contributed by atoms with Crippen LogP contribution in [0.25, 0.3) is 11.1 Å². The van der Waals surface area contributed by atoms with Gasteiger partial charge in [-0.2, -0.15) is 4.31 Å². The van der Waals surface area contributed by atoms with Crippen molar-refractivity contribution < 1.29 is 12.8 Å². The van der Waals surface area contributed by atoms with Crippen molar-refractivity contribution in [2.45, 2.75) is 17.9 Å². The van der Waals surface area contributed by atoms with Gasteiger partial charge in [-0.25, -0.2) is 13.4 Å². The summed E-state index contributed by atoms with van der Waals surface area (Å²) in [7, 11) is -3.43. The predicted molar refractivity (Wildman–Crippen MR) is 99.1 cm³/mol. The highest BCUT2D eigenvalue weighted by molar-refractivity contribution is 7.89. The van der Waals surface area contributed by atoms with E-state index in [2.05, 4.69) is 9.88 Å². The molecule has 1 aliphatic rings. The summed E-state index contributed by atoms with van der Waals surface area (Å²) in [5, 5.41) is 0. The zero-order valence-corrected chi connectivity index (χ0v) is 15.2. The summed E-state index contributed by atoms with van der Waals surface area (Å²) in [5.41, 5.74) is 1.64. The molecular weight excluding hydrogens is 350 g/mol. The lowest BCUT2D eigenvalue weighted by Gasteiger charge is -2.21. The molecule has 2 heterocycles. The van der Waals surface area contributed by atoms with E-state index in [9.17, 15) is 8.42 Å². The lowest BCUT2D eigenvalue weighted by molar-refractivity contribution is 0.253. The van der Waals surface area contributed by atoms with E-state index in [1.54, 1.807) is 28.6 Å². The van der Waals surface area contributed by atoms with Crippen LogP contribution in [0.4, 0.5) is 0 Å². The van der Waals surface area contributed by atoms with Gasteiger partial charge >= 0.3 is 0 Å². The molecule has 0 atom stereocenters. The van der Waals surface area contributed by atoms with Gasteiger partial charge in [-0.05, 0) is 37.2 Å². The Morgan fingerprint density at radius 2 is 1.69 bits per heavy atom. The van der Waals surface area contributed by atoms with Crippen molar-refractivity contribution in [1.82, 2.24) is 14.2 Å². The minimum absolute atomic E-state index is 0.354. The van der Waals surface area contributed by atoms with Gasteiger partial charge in [0.05, 0.1) is 11.4 Å². The van der Waals surface area contributed by atoms with Crippen molar-refractivity contribution in [3.05, 3.63) is 60.5 Å². The van der Waals surface area contributed by atoms with E-state index in [0.717, 1.165) is 24.1 Å². The van der Waals surface area contributed by atoms with Crippen LogP contribution in [-0.2, 0) is 16.6 Å². The molecule has 26 heavy (non-hydrogen) atoms. The van der Waals surface area contributed by atoms with E-state index in [4.69, 9.17) is 4.42 Å². The average Bonchev–Trinajstić information content (AvgIpc) is 2.91. The van der Waals surface area contributed by atoms with Gasteiger partial charge in [0.2, 0.25) is 15.9 Å². The molecule has 136 valence electrons. The molecule has 1 aliphatic heterocycles. The van der Waals surface area contributed by atoms with E-state index in [-0.39, 0.29) is 0 Å². The molecule has 3 aromatic rings. The van der Waals surface area contributed by atoms with Crippen molar-refractivity contribution >= 4 is 21.1 Å². The smallest absolute Gasteiger partial charge is 0.243 e. The van der Waals surface area contributed by atoms with E-state index >= 15 is 0 Å². The Morgan fingerprint density at radius 3 is 2.50 bits per heavy atom. The Labute approximate surface area is 153 Å². The van der Waals surface area contributed by atoms with Crippen LogP contribution in [-0.4, -0.2) is 48.8 Å². The molecule has 1 aromatic heterocycles. The number of hydrogen-bond acceptors (Lipinski definition) is 5. The van der Waals surface area contributed by atoms with Crippen LogP contribution >= 0.6 is 0 Å². The Kier molecular flexibility index (Phi) is 4.76. The van der Waals surface area contributed by atoms with Gasteiger partial charge in [0.1, 0.15) is 5.52 Å². The summed E-state index contributed by atoms with van der Waals surface area (Å²) in [6, 6.07) is 16.3. The molecule has 2 aromatic carbocycles. The second kappa shape index (κ2) is 7.19. The molecule has 7 heteroatoms. The summed E-state index contributed by atoms with van der Waals surface area (Å²) in [6.07, 6.45) is 0.784. The highest BCUT2D eigenvalue weighted by atomic mass is 32.2. The summed E-state index contributed by atoms with van der Waals surface area (Å²) in [6.45, 7) is 3.07. The van der Waals surface area contributed by atoms with Gasteiger partial charge in [0.15, 0.2) is 5.58 Å². The van der Waals surface area contributed by atoms with Gasteiger partial charge in [-0.3, -0.25) is 4.90 Å². The van der Waals surface area contributed by atoms with Crippen molar-refractivity contribution in [1.29, 1.82) is 0 Å². The monoisotopic (exact) mass is 371 g/mol. The minimum Gasteiger partial charge on any atom is -0.439 e. The highest BCUT2D eigenvalue weighted by Gasteiger charge is 2.27. The normalized spacial score (nSPS) is 17.4. The third-order valence-electron chi connectivity index (χ3n) is 4.63. The summed E-state index contributed by atoms with van der Waals surface area (Å²) >= 11 is 0. The Morgan fingerprint density at radius 1 is 0.923 bits per heavy atom. The fourth-order valence-electron chi connectivity index (χ4n) is 3.27. The van der Waals surface area contributed by atoms with Crippen molar-refractivity contribution in [3.8, 4) is 0 Å². The maximum absolute atomic E-state index is 12.8. The first-order chi connectivity index (χ1) is 12.6. The molecule has 0 spiro atoms. The summed E-state index contributed by atoms with van der Waals surface area (Å²) in [4.78, 5) is 7.07. The van der Waals surface area contributed by atoms with Crippen LogP contribution in [0.5, 0.6) is 0 Å². The van der Waals surface area contributed by atoms with Gasteiger partial charge < -0.3 is 4.42 Å². The third kappa shape index (κ3) is 3.51. The summed E-state index contributed by atoms with van der Waals surface area (Å²) in [5.74, 6) is 0.672. The Balaban J connectivity index is 1.45. The van der Waals surface area contributed by atoms with Crippen molar-refractivity contribution in [3.63, 3.8) is 0 Å². The second-order valence-corrected chi connectivity index (χ2v) is 8.36. The van der Waals surface area contributed by atoms with E-state index in [1.165, 1.54) is 0 Å². The molecule has 0 radical (unpaired) electrons. The zero-order chi connectivity index (χ0) is 18.0. The van der Waals surface area contributed by atoms with Gasteiger partial charge in [-0.15, -0.1) is 0 Å². The minimum atomic E-state index is -3.43. The number of benzene rings is 2. The van der Waals surface area contributed by atoms with Crippen LogP contribution in [0.15, 0.2) is 63.9 Å². The molecule has 1 saturated heterocycles. The standard InChI is InChI=1S/C19H21N3O3S/c23-26(24,16-7-2-1-3-8-16)22-12-6-11-21(13-14-22)15-19-20-17-9-4-5-10-18(17)25-19/h1-5,7-10H,6,11-15H2. The number of aromatic nitrogens is 1. The predicted octanol–water partition coefficient (Wildman–Crippen LogP) is 2.72. The maximum Gasteiger partial charge on any atom is 0.243 e. The van der Waals surface area contributed by atoms with Gasteiger partial charge in [-0.1, -0.05) is 30.3 Å². The van der Waals surface area contributed by atoms with Crippen LogP contribution in [0.2, 0.25) is 0 Å². The summed E-state index contributed by atoms with van der Waals surface area (Å²) < 4.78 is 33.0. The lowest BCUT2D eigenvalue weighted by atomic mass is 10.3. The number of para-hydroxylation sites is 2. The third-order valence-corrected chi connectivity index (χ3v) is 6.54. The number of nitrogens with zero attached hydrogens (tertiary/aromatic N) is 3. The van der Waals surface area contributed by atoms with Crippen LogP contribution in [0.1, 0.15) is 12.3 Å². The second-order valence-electron chi connectivity index (χ2n) is 6.42. The van der Waals surface area contributed by atoms with Crippen LogP contribution in [0.3, 0.4) is 0 Å². The fraction of sp³-hybridized carbons (Fsp3) is 0.316. The molecule has 1 fully saturated rings. The van der Waals surface area contributed by atoms with E-state index < -0.39 is 10.0 Å². The molecule has 0 N–H and O–H groups in total. The molecule has 0 aliphatic carbocycles. The highest BCUT2D eigenvalue weighted by Crippen LogP contribution is 2.19. The van der Waals surface area contributed by atoms with Crippen LogP contribution < -0.4 is 0 Å². The molecule has 0 amide bonds. The number of sulfonamides is 1. The number of hydrogen-bond donors (Lipinski definition) is 0. The molecule has 0 saturated carbocycles. The molecule has 0 bridgehead atoms. The number of fused-ring (bicyclic) bond motifs is 1. The molecule has 0 unspecified atom stereocenters. The van der Waals surface area contributed by atoms with E-state index in [0.29, 0.717) is 37.0 Å². The van der Waals surface area contributed by atoms with Gasteiger partial charge in [0, 0.05) is 19.6 Å². The molecule has 6 nitrogen and oxygen atoms in total. The quantitative estimate of drug-likeness (QED) is 0.705. The first-order valence-electron chi connectivity index (χ1n) is 8.75.